The highest BCUT2D eigenvalue weighted by Gasteiger charge is 2.32. The van der Waals surface area contributed by atoms with Crippen LogP contribution in [0.1, 0.15) is 55.4 Å². The topological polar surface area (TPSA) is 84.9 Å². The van der Waals surface area contributed by atoms with E-state index in [1.165, 1.54) is 11.3 Å². The van der Waals surface area contributed by atoms with Gasteiger partial charge in [-0.1, -0.05) is 0 Å². The Morgan fingerprint density at radius 3 is 2.56 bits per heavy atom. The number of fused-ring (bicyclic) bond motifs is 1. The summed E-state index contributed by atoms with van der Waals surface area (Å²) in [5.41, 5.74) is 0.570. The van der Waals surface area contributed by atoms with Gasteiger partial charge in [0.2, 0.25) is 5.91 Å². The third kappa shape index (κ3) is 5.35. The van der Waals surface area contributed by atoms with Crippen LogP contribution >= 0.6 is 22.9 Å². The molecule has 2 rings (SSSR count). The number of nitrogens with zero attached hydrogens (tertiary/aromatic N) is 1. The van der Waals surface area contributed by atoms with Crippen molar-refractivity contribution in [1.29, 1.82) is 0 Å². The third-order valence-corrected chi connectivity index (χ3v) is 5.12. The van der Waals surface area contributed by atoms with E-state index in [4.69, 9.17) is 21.1 Å². The smallest absolute Gasteiger partial charge is 0.410 e. The monoisotopic (exact) mass is 416 g/mol. The molecule has 27 heavy (non-hydrogen) atoms. The molecule has 1 aromatic heterocycles. The predicted octanol–water partition coefficient (Wildman–Crippen LogP) is 3.78. The number of thiophene rings is 1. The number of hydrogen-bond donors (Lipinski definition) is 1. The van der Waals surface area contributed by atoms with Crippen LogP contribution in [0.3, 0.4) is 0 Å². The van der Waals surface area contributed by atoms with Gasteiger partial charge in [0, 0.05) is 11.4 Å². The molecule has 0 radical (unpaired) electrons. The average molecular weight is 417 g/mol. The van der Waals surface area contributed by atoms with Crippen molar-refractivity contribution in [2.24, 2.45) is 0 Å². The van der Waals surface area contributed by atoms with E-state index >= 15 is 0 Å². The Hall–Kier alpha value is -1.80. The van der Waals surface area contributed by atoms with Crippen molar-refractivity contribution >= 4 is 45.9 Å². The summed E-state index contributed by atoms with van der Waals surface area (Å²) in [5.74, 6) is -0.886. The molecule has 7 nitrogen and oxygen atoms in total. The molecule has 0 saturated carbocycles. The number of hydrogen-bond acceptors (Lipinski definition) is 6. The molecule has 0 unspecified atom stereocenters. The van der Waals surface area contributed by atoms with Crippen LogP contribution in [-0.2, 0) is 27.2 Å². The van der Waals surface area contributed by atoms with Crippen LogP contribution in [0.25, 0.3) is 0 Å². The van der Waals surface area contributed by atoms with Gasteiger partial charge in [-0.3, -0.25) is 4.79 Å². The minimum Gasteiger partial charge on any atom is -0.462 e. The Bertz CT molecular complexity index is 739. The number of esters is 1. The minimum absolute atomic E-state index is 0.229. The van der Waals surface area contributed by atoms with Crippen molar-refractivity contribution in [3.63, 3.8) is 0 Å². The van der Waals surface area contributed by atoms with Crippen LogP contribution in [0, 0.1) is 0 Å². The number of carbonyl (C=O) groups excluding carboxylic acids is 3. The van der Waals surface area contributed by atoms with Crippen molar-refractivity contribution < 1.29 is 23.9 Å². The Morgan fingerprint density at radius 2 is 2.00 bits per heavy atom. The summed E-state index contributed by atoms with van der Waals surface area (Å²) in [5, 5.41) is 2.37. The van der Waals surface area contributed by atoms with E-state index < -0.39 is 28.9 Å². The van der Waals surface area contributed by atoms with Gasteiger partial charge in [0.1, 0.15) is 16.0 Å². The fraction of sp³-hybridized carbons (Fsp3) is 0.611. The molecule has 2 heterocycles. The highest BCUT2D eigenvalue weighted by Crippen LogP contribution is 2.38. The van der Waals surface area contributed by atoms with Crippen molar-refractivity contribution in [3.05, 3.63) is 16.0 Å². The maximum Gasteiger partial charge on any atom is 0.410 e. The first-order chi connectivity index (χ1) is 12.5. The Balaban J connectivity index is 2.31. The molecule has 9 heteroatoms. The zero-order chi connectivity index (χ0) is 20.4. The van der Waals surface area contributed by atoms with Gasteiger partial charge in [-0.15, -0.1) is 22.9 Å². The molecular weight excluding hydrogens is 392 g/mol. The van der Waals surface area contributed by atoms with E-state index in [1.54, 1.807) is 18.7 Å². The lowest BCUT2D eigenvalue weighted by Gasteiger charge is -2.30. The quantitative estimate of drug-likeness (QED) is 0.596. The average Bonchev–Trinajstić information content (AvgIpc) is 2.90. The number of carbonyl (C=O) groups is 3. The molecule has 150 valence electrons. The fourth-order valence-electron chi connectivity index (χ4n) is 2.60. The summed E-state index contributed by atoms with van der Waals surface area (Å²) >= 11 is 7.09. The van der Waals surface area contributed by atoms with Gasteiger partial charge in [-0.25, -0.2) is 9.59 Å². The normalized spacial score (nSPS) is 15.0. The molecular formula is C18H25ClN2O5S. The molecule has 0 aromatic carbocycles. The number of amides is 2. The standard InChI is InChI=1S/C18H25ClN2O5S/c1-6-25-16(23)13-11-7-8-21(17(24)26-18(3,4)5)9-12(11)27-15(13)20-14(22)10(2)19/h10H,6-9H2,1-5H3,(H,20,22)/t10-/m1/s1. The second-order valence-corrected chi connectivity index (χ2v) is 8.95. The molecule has 1 atom stereocenters. The van der Waals surface area contributed by atoms with Gasteiger partial charge in [-0.05, 0) is 46.6 Å². The van der Waals surface area contributed by atoms with E-state index in [-0.39, 0.29) is 6.61 Å². The lowest BCUT2D eigenvalue weighted by molar-refractivity contribution is -0.115. The van der Waals surface area contributed by atoms with E-state index in [2.05, 4.69) is 5.32 Å². The van der Waals surface area contributed by atoms with Crippen LogP contribution in [-0.4, -0.2) is 47.0 Å². The molecule has 0 spiro atoms. The van der Waals surface area contributed by atoms with Gasteiger partial charge < -0.3 is 19.7 Å². The third-order valence-electron chi connectivity index (χ3n) is 3.79. The summed E-state index contributed by atoms with van der Waals surface area (Å²) in [6.45, 7) is 9.67. The zero-order valence-electron chi connectivity index (χ0n) is 16.2. The highest BCUT2D eigenvalue weighted by molar-refractivity contribution is 7.17. The Labute approximate surface area is 167 Å². The van der Waals surface area contributed by atoms with Crippen molar-refractivity contribution in [3.8, 4) is 0 Å². The van der Waals surface area contributed by atoms with E-state index in [0.29, 0.717) is 30.1 Å². The van der Waals surface area contributed by atoms with Crippen molar-refractivity contribution in [2.45, 2.75) is 58.6 Å². The summed E-state index contributed by atoms with van der Waals surface area (Å²) in [6, 6.07) is 0. The SMILES string of the molecule is CCOC(=O)c1c(NC(=O)[C@@H](C)Cl)sc2c1CCN(C(=O)OC(C)(C)C)C2. The maximum atomic E-state index is 12.4. The van der Waals surface area contributed by atoms with E-state index in [1.807, 2.05) is 20.8 Å². The van der Waals surface area contributed by atoms with Gasteiger partial charge in [0.25, 0.3) is 0 Å². The van der Waals surface area contributed by atoms with Crippen LogP contribution in [0.4, 0.5) is 9.80 Å². The zero-order valence-corrected chi connectivity index (χ0v) is 17.8. The molecule has 1 aliphatic heterocycles. The van der Waals surface area contributed by atoms with E-state index in [9.17, 15) is 14.4 Å². The minimum atomic E-state index is -0.738. The number of nitrogens with one attached hydrogen (secondary N) is 1. The largest absolute Gasteiger partial charge is 0.462 e. The number of alkyl halides is 1. The van der Waals surface area contributed by atoms with Crippen LogP contribution in [0.5, 0.6) is 0 Å². The lowest BCUT2D eigenvalue weighted by atomic mass is 10.0. The molecule has 1 aromatic rings. The molecule has 1 aliphatic rings. The Kier molecular flexibility index (Phi) is 6.75. The van der Waals surface area contributed by atoms with Crippen molar-refractivity contribution in [2.75, 3.05) is 18.5 Å². The molecule has 2 amide bonds. The molecule has 0 bridgehead atoms. The second kappa shape index (κ2) is 8.48. The number of anilines is 1. The van der Waals surface area contributed by atoms with Gasteiger partial charge >= 0.3 is 12.1 Å². The van der Waals surface area contributed by atoms with Gasteiger partial charge in [0.05, 0.1) is 18.7 Å². The second-order valence-electron chi connectivity index (χ2n) is 7.19. The summed E-state index contributed by atoms with van der Waals surface area (Å²) in [4.78, 5) is 39.2. The van der Waals surface area contributed by atoms with Crippen LogP contribution < -0.4 is 5.32 Å². The summed E-state index contributed by atoms with van der Waals surface area (Å²) in [7, 11) is 0. The lowest BCUT2D eigenvalue weighted by Crippen LogP contribution is -2.39. The van der Waals surface area contributed by atoms with E-state index in [0.717, 1.165) is 10.4 Å². The maximum absolute atomic E-state index is 12.4. The van der Waals surface area contributed by atoms with Crippen LogP contribution in [0.2, 0.25) is 0 Å². The predicted molar refractivity (Wildman–Crippen MR) is 105 cm³/mol. The molecule has 1 N–H and O–H groups in total. The number of halogens is 1. The molecule has 0 aliphatic carbocycles. The number of ether oxygens (including phenoxy) is 2. The first-order valence-corrected chi connectivity index (χ1v) is 10.0. The first-order valence-electron chi connectivity index (χ1n) is 8.78. The molecule has 0 saturated heterocycles. The molecule has 0 fully saturated rings. The van der Waals surface area contributed by atoms with Gasteiger partial charge in [-0.2, -0.15) is 0 Å². The number of rotatable bonds is 4. The van der Waals surface area contributed by atoms with Gasteiger partial charge in [0.15, 0.2) is 0 Å². The Morgan fingerprint density at radius 1 is 1.33 bits per heavy atom. The first kappa shape index (κ1) is 21.5. The van der Waals surface area contributed by atoms with Crippen molar-refractivity contribution in [1.82, 2.24) is 4.90 Å². The highest BCUT2D eigenvalue weighted by atomic mass is 35.5. The summed E-state index contributed by atoms with van der Waals surface area (Å²) < 4.78 is 10.6. The van der Waals surface area contributed by atoms with Crippen LogP contribution in [0.15, 0.2) is 0 Å². The summed E-state index contributed by atoms with van der Waals surface area (Å²) in [6.07, 6.45) is 0.0742. The fourth-order valence-corrected chi connectivity index (χ4v) is 3.91.